The van der Waals surface area contributed by atoms with Gasteiger partial charge in [0.1, 0.15) is 33.6 Å². The van der Waals surface area contributed by atoms with Crippen molar-refractivity contribution in [2.45, 2.75) is 38.5 Å². The Bertz CT molecular complexity index is 1560. The third-order valence-electron chi connectivity index (χ3n) is 6.99. The van der Waals surface area contributed by atoms with Gasteiger partial charge in [-0.25, -0.2) is 0 Å². The molecule has 6 rings (SSSR count). The van der Waals surface area contributed by atoms with Crippen molar-refractivity contribution in [1.82, 2.24) is 0 Å². The average molecular weight is 551 g/mol. The standard InChI is InChI=1S/C30H22N4O3S2/c31-15-23-21-3-1-5-25(21)38-29(23)33-27(35)17-7-11-19(12-8-17)37-20-13-9-18(10-14-20)28(36)34-30-24(16-32)22-4-2-6-26(22)39-30/h7-14H,1-6H2,(H,33,35)(H,34,36). The number of carbonyl (C=O) groups excluding carboxylic acids is 2. The van der Waals surface area contributed by atoms with E-state index in [4.69, 9.17) is 4.74 Å². The third-order valence-corrected chi connectivity index (χ3v) is 9.40. The fourth-order valence-corrected chi connectivity index (χ4v) is 7.53. The molecule has 0 unspecified atom stereocenters. The number of carbonyl (C=O) groups is 2. The van der Waals surface area contributed by atoms with Crippen LogP contribution in [0.25, 0.3) is 0 Å². The lowest BCUT2D eigenvalue weighted by atomic mass is 10.1. The van der Waals surface area contributed by atoms with Crippen molar-refractivity contribution in [3.63, 3.8) is 0 Å². The minimum Gasteiger partial charge on any atom is -0.457 e. The van der Waals surface area contributed by atoms with Crippen LogP contribution in [-0.4, -0.2) is 11.8 Å². The van der Waals surface area contributed by atoms with E-state index >= 15 is 0 Å². The summed E-state index contributed by atoms with van der Waals surface area (Å²) < 4.78 is 5.89. The smallest absolute Gasteiger partial charge is 0.256 e. The molecule has 4 aromatic rings. The van der Waals surface area contributed by atoms with Gasteiger partial charge in [-0.1, -0.05) is 0 Å². The Kier molecular flexibility index (Phi) is 6.62. The fraction of sp³-hybridized carbons (Fsp3) is 0.200. The number of amides is 2. The van der Waals surface area contributed by atoms with Gasteiger partial charge in [-0.3, -0.25) is 9.59 Å². The lowest BCUT2D eigenvalue weighted by molar-refractivity contribution is 0.101. The van der Waals surface area contributed by atoms with E-state index in [0.717, 1.165) is 49.7 Å². The van der Waals surface area contributed by atoms with E-state index in [-0.39, 0.29) is 11.8 Å². The van der Waals surface area contributed by atoms with Crippen LogP contribution in [0.4, 0.5) is 10.0 Å². The van der Waals surface area contributed by atoms with Crippen LogP contribution in [0.2, 0.25) is 0 Å². The van der Waals surface area contributed by atoms with Gasteiger partial charge in [0, 0.05) is 20.9 Å². The number of rotatable bonds is 6. The summed E-state index contributed by atoms with van der Waals surface area (Å²) in [6.07, 6.45) is 5.81. The molecule has 2 N–H and O–H groups in total. The van der Waals surface area contributed by atoms with Gasteiger partial charge in [0.25, 0.3) is 11.8 Å². The van der Waals surface area contributed by atoms with Crippen LogP contribution in [-0.2, 0) is 25.7 Å². The molecule has 0 aliphatic heterocycles. The van der Waals surface area contributed by atoms with Gasteiger partial charge in [-0.05, 0) is 98.2 Å². The Morgan fingerprint density at radius 1 is 0.667 bits per heavy atom. The first-order chi connectivity index (χ1) is 19.0. The summed E-state index contributed by atoms with van der Waals surface area (Å²) in [5.74, 6) is 0.541. The highest BCUT2D eigenvalue weighted by Crippen LogP contribution is 2.40. The Labute approximate surface area is 233 Å². The van der Waals surface area contributed by atoms with Crippen LogP contribution in [0.15, 0.2) is 48.5 Å². The van der Waals surface area contributed by atoms with Crippen LogP contribution >= 0.6 is 22.7 Å². The predicted molar refractivity (Wildman–Crippen MR) is 151 cm³/mol. The molecule has 2 heterocycles. The van der Waals surface area contributed by atoms with Crippen molar-refractivity contribution in [2.24, 2.45) is 0 Å². The molecule has 2 amide bonds. The van der Waals surface area contributed by atoms with Crippen LogP contribution in [0.3, 0.4) is 0 Å². The molecule has 0 fully saturated rings. The first-order valence-electron chi connectivity index (χ1n) is 12.6. The van der Waals surface area contributed by atoms with E-state index in [1.54, 1.807) is 48.5 Å². The van der Waals surface area contributed by atoms with Crippen LogP contribution in [0.1, 0.15) is 65.6 Å². The van der Waals surface area contributed by atoms with E-state index in [1.807, 2.05) is 0 Å². The second-order valence-electron chi connectivity index (χ2n) is 9.41. The number of fused-ring (bicyclic) bond motifs is 2. The van der Waals surface area contributed by atoms with Crippen molar-refractivity contribution in [2.75, 3.05) is 10.6 Å². The molecule has 39 heavy (non-hydrogen) atoms. The summed E-state index contributed by atoms with van der Waals surface area (Å²) in [5.41, 5.74) is 4.25. The number of nitrogens with one attached hydrogen (secondary N) is 2. The monoisotopic (exact) mass is 550 g/mol. The second-order valence-corrected chi connectivity index (χ2v) is 11.6. The number of hydrogen-bond donors (Lipinski definition) is 2. The molecule has 0 spiro atoms. The van der Waals surface area contributed by atoms with E-state index in [9.17, 15) is 20.1 Å². The maximum absolute atomic E-state index is 12.8. The molecule has 0 radical (unpaired) electrons. The SMILES string of the molecule is N#Cc1c(NC(=O)c2ccc(Oc3ccc(C(=O)Nc4sc5c(c4C#N)CCC5)cc3)cc2)sc2c1CCC2. The molecule has 192 valence electrons. The van der Waals surface area contributed by atoms with E-state index in [0.29, 0.717) is 43.8 Å². The highest BCUT2D eigenvalue weighted by Gasteiger charge is 2.24. The number of ether oxygens (including phenoxy) is 1. The minimum absolute atomic E-state index is 0.274. The normalized spacial score (nSPS) is 13.2. The Balaban J connectivity index is 1.08. The summed E-state index contributed by atoms with van der Waals surface area (Å²) in [4.78, 5) is 27.9. The topological polar surface area (TPSA) is 115 Å². The predicted octanol–water partition coefficient (Wildman–Crippen LogP) is 6.83. The second kappa shape index (κ2) is 10.4. The van der Waals surface area contributed by atoms with Crippen molar-refractivity contribution in [3.8, 4) is 23.6 Å². The Morgan fingerprint density at radius 3 is 1.46 bits per heavy atom. The zero-order chi connectivity index (χ0) is 26.9. The molecule has 0 atom stereocenters. The third kappa shape index (κ3) is 4.79. The first kappa shape index (κ1) is 24.9. The molecule has 7 nitrogen and oxygen atoms in total. The number of nitriles is 2. The molecule has 2 aromatic carbocycles. The Morgan fingerprint density at radius 2 is 1.08 bits per heavy atom. The number of nitrogens with zero attached hydrogens (tertiary/aromatic N) is 2. The van der Waals surface area contributed by atoms with Crippen LogP contribution in [0.5, 0.6) is 11.5 Å². The van der Waals surface area contributed by atoms with Gasteiger partial charge in [0.15, 0.2) is 0 Å². The number of benzene rings is 2. The summed E-state index contributed by atoms with van der Waals surface area (Å²) in [7, 11) is 0. The fourth-order valence-electron chi connectivity index (χ4n) is 5.06. The highest BCUT2D eigenvalue weighted by atomic mass is 32.1. The largest absolute Gasteiger partial charge is 0.457 e. The molecule has 0 bridgehead atoms. The molecular weight excluding hydrogens is 528 g/mol. The zero-order valence-corrected chi connectivity index (χ0v) is 22.4. The van der Waals surface area contributed by atoms with Gasteiger partial charge in [-0.15, -0.1) is 22.7 Å². The van der Waals surface area contributed by atoms with Crippen LogP contribution < -0.4 is 15.4 Å². The minimum atomic E-state index is -0.274. The summed E-state index contributed by atoms with van der Waals surface area (Å²) in [6, 6.07) is 18.0. The molecule has 2 aliphatic rings. The molecule has 2 aromatic heterocycles. The lowest BCUT2D eigenvalue weighted by Gasteiger charge is -2.09. The number of thiophene rings is 2. The van der Waals surface area contributed by atoms with Crippen molar-refractivity contribution >= 4 is 44.5 Å². The first-order valence-corrected chi connectivity index (χ1v) is 14.3. The van der Waals surface area contributed by atoms with E-state index in [2.05, 4.69) is 22.8 Å². The van der Waals surface area contributed by atoms with E-state index < -0.39 is 0 Å². The molecule has 0 saturated carbocycles. The van der Waals surface area contributed by atoms with Crippen molar-refractivity contribution < 1.29 is 14.3 Å². The van der Waals surface area contributed by atoms with Crippen LogP contribution in [0, 0.1) is 22.7 Å². The van der Waals surface area contributed by atoms with Gasteiger partial charge in [0.2, 0.25) is 0 Å². The van der Waals surface area contributed by atoms with Gasteiger partial charge in [0.05, 0.1) is 11.1 Å². The number of hydrogen-bond acceptors (Lipinski definition) is 7. The summed E-state index contributed by atoms with van der Waals surface area (Å²) >= 11 is 2.98. The Hall–Kier alpha value is -4.44. The molecule has 2 aliphatic carbocycles. The maximum Gasteiger partial charge on any atom is 0.256 e. The number of aryl methyl sites for hydroxylation is 2. The summed E-state index contributed by atoms with van der Waals surface area (Å²) in [5, 5.41) is 26.1. The molecule has 0 saturated heterocycles. The highest BCUT2D eigenvalue weighted by molar-refractivity contribution is 7.17. The lowest BCUT2D eigenvalue weighted by Crippen LogP contribution is -2.12. The molecule has 9 heteroatoms. The van der Waals surface area contributed by atoms with Crippen molar-refractivity contribution in [1.29, 1.82) is 10.5 Å². The quantitative estimate of drug-likeness (QED) is 0.273. The van der Waals surface area contributed by atoms with E-state index in [1.165, 1.54) is 32.4 Å². The average Bonchev–Trinajstić information content (AvgIpc) is 3.71. The zero-order valence-electron chi connectivity index (χ0n) is 20.8. The summed E-state index contributed by atoms with van der Waals surface area (Å²) in [6.45, 7) is 0. The van der Waals surface area contributed by atoms with Crippen molar-refractivity contribution in [3.05, 3.63) is 91.7 Å². The van der Waals surface area contributed by atoms with Gasteiger partial charge < -0.3 is 15.4 Å². The van der Waals surface area contributed by atoms with Gasteiger partial charge in [-0.2, -0.15) is 10.5 Å². The maximum atomic E-state index is 12.8. The number of anilines is 2. The van der Waals surface area contributed by atoms with Gasteiger partial charge >= 0.3 is 0 Å². The molecular formula is C30H22N4O3S2.